The van der Waals surface area contributed by atoms with Gasteiger partial charge in [0.25, 0.3) is 0 Å². The summed E-state index contributed by atoms with van der Waals surface area (Å²) in [6.07, 6.45) is 0. The minimum absolute atomic E-state index is 0.660. The zero-order valence-corrected chi connectivity index (χ0v) is 10.7. The second-order valence-electron chi connectivity index (χ2n) is 4.59. The molecule has 1 aliphatic heterocycles. The molecule has 0 atom stereocenters. The van der Waals surface area contributed by atoms with Gasteiger partial charge < -0.3 is 4.90 Å². The van der Waals surface area contributed by atoms with Gasteiger partial charge in [0.15, 0.2) is 0 Å². The van der Waals surface area contributed by atoms with Crippen molar-refractivity contribution in [3.63, 3.8) is 0 Å². The first-order valence-corrected chi connectivity index (χ1v) is 6.29. The average Bonchev–Trinajstić information content (AvgIpc) is 2.30. The summed E-state index contributed by atoms with van der Waals surface area (Å²) < 4.78 is 0. The van der Waals surface area contributed by atoms with Crippen LogP contribution in [0.25, 0.3) is 0 Å². The topological polar surface area (TPSA) is 6.48 Å². The summed E-state index contributed by atoms with van der Waals surface area (Å²) in [7, 11) is 0. The highest BCUT2D eigenvalue weighted by Gasteiger charge is 2.18. The van der Waals surface area contributed by atoms with Crippen molar-refractivity contribution < 1.29 is 0 Å². The van der Waals surface area contributed by atoms with Crippen molar-refractivity contribution in [2.75, 3.05) is 31.1 Å². The summed E-state index contributed by atoms with van der Waals surface area (Å²) in [5.74, 6) is 0. The quantitative estimate of drug-likeness (QED) is 0.782. The Kier molecular flexibility index (Phi) is 3.72. The first-order chi connectivity index (χ1) is 7.66. The Morgan fingerprint density at radius 2 is 1.56 bits per heavy atom. The third-order valence-electron chi connectivity index (χ3n) is 3.24. The molecule has 0 radical (unpaired) electrons. The first-order valence-electron chi connectivity index (χ1n) is 5.91. The Bertz CT molecular complexity index is 326. The van der Waals surface area contributed by atoms with Gasteiger partial charge in [0, 0.05) is 42.9 Å². The summed E-state index contributed by atoms with van der Waals surface area (Å²) in [5.41, 5.74) is 1.29. The average molecular weight is 239 g/mol. The maximum Gasteiger partial charge on any atom is 0.0407 e. The molecule has 0 spiro atoms. The molecule has 0 amide bonds. The van der Waals surface area contributed by atoms with Crippen molar-refractivity contribution in [3.05, 3.63) is 29.3 Å². The summed E-state index contributed by atoms with van der Waals surface area (Å²) in [4.78, 5) is 4.95. The molecule has 0 bridgehead atoms. The Morgan fingerprint density at radius 3 is 2.06 bits per heavy atom. The molecule has 1 fully saturated rings. The third-order valence-corrected chi connectivity index (χ3v) is 3.49. The van der Waals surface area contributed by atoms with Gasteiger partial charge in [-0.15, -0.1) is 0 Å². The van der Waals surface area contributed by atoms with E-state index in [1.807, 2.05) is 12.1 Å². The Morgan fingerprint density at radius 1 is 1.00 bits per heavy atom. The van der Waals surface area contributed by atoms with Crippen LogP contribution in [0.2, 0.25) is 5.02 Å². The van der Waals surface area contributed by atoms with E-state index < -0.39 is 0 Å². The monoisotopic (exact) mass is 238 g/mol. The lowest BCUT2D eigenvalue weighted by Gasteiger charge is -2.38. The smallest absolute Gasteiger partial charge is 0.0407 e. The molecule has 16 heavy (non-hydrogen) atoms. The van der Waals surface area contributed by atoms with E-state index in [2.05, 4.69) is 35.8 Å². The number of halogens is 1. The third kappa shape index (κ3) is 2.69. The summed E-state index contributed by atoms with van der Waals surface area (Å²) >= 11 is 5.89. The molecule has 0 N–H and O–H groups in total. The lowest BCUT2D eigenvalue weighted by molar-refractivity contribution is 0.209. The zero-order chi connectivity index (χ0) is 11.5. The van der Waals surface area contributed by atoms with Crippen LogP contribution in [-0.4, -0.2) is 37.1 Å². The van der Waals surface area contributed by atoms with Crippen LogP contribution in [0.3, 0.4) is 0 Å². The van der Waals surface area contributed by atoms with Crippen molar-refractivity contribution in [2.45, 2.75) is 19.9 Å². The SMILES string of the molecule is CC(C)N1CCN(c2ccc(Cl)cc2)CC1. The maximum absolute atomic E-state index is 5.89. The zero-order valence-electron chi connectivity index (χ0n) is 9.99. The van der Waals surface area contributed by atoms with Gasteiger partial charge >= 0.3 is 0 Å². The molecule has 0 unspecified atom stereocenters. The molecule has 1 aromatic rings. The van der Waals surface area contributed by atoms with E-state index in [-0.39, 0.29) is 0 Å². The number of benzene rings is 1. The fraction of sp³-hybridized carbons (Fsp3) is 0.538. The molecule has 1 saturated heterocycles. The Hall–Kier alpha value is -0.730. The number of rotatable bonds is 2. The Labute approximate surface area is 103 Å². The number of piperazine rings is 1. The van der Waals surface area contributed by atoms with Crippen molar-refractivity contribution in [1.82, 2.24) is 4.90 Å². The van der Waals surface area contributed by atoms with Crippen LogP contribution < -0.4 is 4.90 Å². The number of hydrogen-bond donors (Lipinski definition) is 0. The molecular formula is C13H19ClN2. The molecular weight excluding hydrogens is 220 g/mol. The van der Waals surface area contributed by atoms with Crippen LogP contribution in [0.5, 0.6) is 0 Å². The van der Waals surface area contributed by atoms with Gasteiger partial charge in [-0.25, -0.2) is 0 Å². The standard InChI is InChI=1S/C13H19ClN2/c1-11(2)15-7-9-16(10-8-15)13-5-3-12(14)4-6-13/h3-6,11H,7-10H2,1-2H3. The van der Waals surface area contributed by atoms with Crippen molar-refractivity contribution in [2.24, 2.45) is 0 Å². The van der Waals surface area contributed by atoms with Gasteiger partial charge in [0.2, 0.25) is 0 Å². The summed E-state index contributed by atoms with van der Waals surface area (Å²) in [6.45, 7) is 9.05. The maximum atomic E-state index is 5.89. The van der Waals surface area contributed by atoms with E-state index in [0.29, 0.717) is 6.04 Å². The van der Waals surface area contributed by atoms with Crippen LogP contribution in [0.15, 0.2) is 24.3 Å². The van der Waals surface area contributed by atoms with E-state index in [4.69, 9.17) is 11.6 Å². The molecule has 3 heteroatoms. The van der Waals surface area contributed by atoms with E-state index in [1.165, 1.54) is 5.69 Å². The van der Waals surface area contributed by atoms with Crippen LogP contribution in [0.4, 0.5) is 5.69 Å². The predicted octanol–water partition coefficient (Wildman–Crippen LogP) is 2.87. The molecule has 2 rings (SSSR count). The summed E-state index contributed by atoms with van der Waals surface area (Å²) in [5, 5.41) is 0.810. The molecule has 2 nitrogen and oxygen atoms in total. The van der Waals surface area contributed by atoms with Crippen LogP contribution in [0, 0.1) is 0 Å². The molecule has 0 aliphatic carbocycles. The lowest BCUT2D eigenvalue weighted by atomic mass is 10.2. The lowest BCUT2D eigenvalue weighted by Crippen LogP contribution is -2.48. The van der Waals surface area contributed by atoms with Crippen LogP contribution in [0.1, 0.15) is 13.8 Å². The van der Waals surface area contributed by atoms with Crippen LogP contribution in [-0.2, 0) is 0 Å². The predicted molar refractivity (Wildman–Crippen MR) is 70.4 cm³/mol. The number of anilines is 1. The minimum atomic E-state index is 0.660. The largest absolute Gasteiger partial charge is 0.369 e. The summed E-state index contributed by atoms with van der Waals surface area (Å²) in [6, 6.07) is 8.80. The van der Waals surface area contributed by atoms with Gasteiger partial charge in [-0.1, -0.05) is 11.6 Å². The van der Waals surface area contributed by atoms with E-state index in [1.54, 1.807) is 0 Å². The van der Waals surface area contributed by atoms with E-state index in [9.17, 15) is 0 Å². The highest BCUT2D eigenvalue weighted by molar-refractivity contribution is 6.30. The highest BCUT2D eigenvalue weighted by atomic mass is 35.5. The van der Waals surface area contributed by atoms with Gasteiger partial charge in [0.05, 0.1) is 0 Å². The Balaban J connectivity index is 1.96. The van der Waals surface area contributed by atoms with Crippen molar-refractivity contribution in [3.8, 4) is 0 Å². The molecule has 1 aliphatic rings. The molecule has 1 heterocycles. The van der Waals surface area contributed by atoms with E-state index in [0.717, 1.165) is 31.2 Å². The second kappa shape index (κ2) is 5.07. The van der Waals surface area contributed by atoms with Crippen molar-refractivity contribution in [1.29, 1.82) is 0 Å². The number of hydrogen-bond acceptors (Lipinski definition) is 2. The van der Waals surface area contributed by atoms with E-state index >= 15 is 0 Å². The minimum Gasteiger partial charge on any atom is -0.369 e. The highest BCUT2D eigenvalue weighted by Crippen LogP contribution is 2.19. The fourth-order valence-corrected chi connectivity index (χ4v) is 2.27. The van der Waals surface area contributed by atoms with Gasteiger partial charge in [-0.2, -0.15) is 0 Å². The van der Waals surface area contributed by atoms with Gasteiger partial charge in [0.1, 0.15) is 0 Å². The first kappa shape index (κ1) is 11.7. The van der Waals surface area contributed by atoms with Gasteiger partial charge in [-0.05, 0) is 38.1 Å². The van der Waals surface area contributed by atoms with Crippen LogP contribution >= 0.6 is 11.6 Å². The second-order valence-corrected chi connectivity index (χ2v) is 5.03. The molecule has 0 saturated carbocycles. The van der Waals surface area contributed by atoms with Crippen molar-refractivity contribution >= 4 is 17.3 Å². The number of nitrogens with zero attached hydrogens (tertiary/aromatic N) is 2. The van der Waals surface area contributed by atoms with Gasteiger partial charge in [-0.3, -0.25) is 4.90 Å². The normalized spacial score (nSPS) is 18.1. The molecule has 88 valence electrons. The molecule has 0 aromatic heterocycles. The fourth-order valence-electron chi connectivity index (χ4n) is 2.15. The molecule has 1 aromatic carbocycles.